The van der Waals surface area contributed by atoms with E-state index in [1.807, 2.05) is 0 Å². The lowest BCUT2D eigenvalue weighted by molar-refractivity contribution is 0.220. The minimum absolute atomic E-state index is 1.59. The van der Waals surface area contributed by atoms with Gasteiger partial charge in [0.2, 0.25) is 0 Å². The molecule has 8 heavy (non-hydrogen) atoms. The second kappa shape index (κ2) is 2.29. The Hall–Kier alpha value is -0.330. The molecule has 0 heterocycles. The molecule has 0 rings (SSSR count). The molecule has 48 valence electrons. The molecule has 0 aromatic rings. The molecule has 0 aliphatic heterocycles. The molecular formula is CHClO5S. The van der Waals surface area contributed by atoms with Crippen molar-refractivity contribution < 1.29 is 21.9 Å². The van der Waals surface area contributed by atoms with E-state index in [0.717, 1.165) is 0 Å². The second-order valence-electron chi connectivity index (χ2n) is 0.749. The van der Waals surface area contributed by atoms with Crippen LogP contribution >= 0.6 is 11.6 Å². The predicted octanol–water partition coefficient (Wildman–Crippen LogP) is 0.165. The van der Waals surface area contributed by atoms with E-state index in [9.17, 15) is 13.2 Å². The number of carbonyl (C=O) groups is 1. The van der Waals surface area contributed by atoms with Crippen LogP contribution in [-0.2, 0) is 14.6 Å². The molecule has 0 aliphatic carbocycles. The molecule has 1 N–H and O–H groups in total. The summed E-state index contributed by atoms with van der Waals surface area (Å²) in [5.74, 6) is 0. The van der Waals surface area contributed by atoms with E-state index in [0.29, 0.717) is 0 Å². The summed E-state index contributed by atoms with van der Waals surface area (Å²) in [7, 11) is -4.70. The van der Waals surface area contributed by atoms with Gasteiger partial charge in [0.05, 0.1) is 0 Å². The fraction of sp³-hybridized carbons (Fsp3) is 0. The number of rotatable bonds is 1. The lowest BCUT2D eigenvalue weighted by Gasteiger charge is -1.88. The first kappa shape index (κ1) is 7.67. The Morgan fingerprint density at radius 3 is 2.00 bits per heavy atom. The topological polar surface area (TPSA) is 80.7 Å². The Morgan fingerprint density at radius 1 is 1.62 bits per heavy atom. The van der Waals surface area contributed by atoms with Crippen molar-refractivity contribution >= 4 is 27.4 Å². The molecule has 0 bridgehead atoms. The van der Waals surface area contributed by atoms with Gasteiger partial charge < -0.3 is 4.18 Å². The van der Waals surface area contributed by atoms with Crippen molar-refractivity contribution in [1.82, 2.24) is 0 Å². The molecule has 7 heteroatoms. The molecule has 0 aliphatic rings. The van der Waals surface area contributed by atoms with E-state index in [-0.39, 0.29) is 0 Å². The normalized spacial score (nSPS) is 10.8. The average molecular weight is 161 g/mol. The van der Waals surface area contributed by atoms with Gasteiger partial charge in [-0.1, -0.05) is 0 Å². The molecule has 5 nitrogen and oxygen atoms in total. The van der Waals surface area contributed by atoms with E-state index < -0.39 is 15.8 Å². The van der Waals surface area contributed by atoms with Crippen LogP contribution in [0.25, 0.3) is 0 Å². The number of hydrogen-bond acceptors (Lipinski definition) is 4. The highest BCUT2D eigenvalue weighted by Gasteiger charge is 2.08. The van der Waals surface area contributed by atoms with Crippen molar-refractivity contribution in [3.05, 3.63) is 0 Å². The largest absolute Gasteiger partial charge is 0.449 e. The van der Waals surface area contributed by atoms with Crippen LogP contribution in [0.3, 0.4) is 0 Å². The van der Waals surface area contributed by atoms with Crippen molar-refractivity contribution in [2.24, 2.45) is 0 Å². The predicted molar refractivity (Wildman–Crippen MR) is 23.9 cm³/mol. The molecule has 0 fully saturated rings. The zero-order valence-electron chi connectivity index (χ0n) is 3.37. The van der Waals surface area contributed by atoms with Crippen LogP contribution in [-0.4, -0.2) is 18.4 Å². The SMILES string of the molecule is O=C(Cl)OS(=O)(=O)O. The lowest BCUT2D eigenvalue weighted by atomic mass is 11.6. The highest BCUT2D eigenvalue weighted by molar-refractivity contribution is 7.81. The third-order valence-corrected chi connectivity index (χ3v) is 0.701. The Bertz CT molecular complexity index is 179. The van der Waals surface area contributed by atoms with Crippen molar-refractivity contribution in [2.45, 2.75) is 0 Å². The maximum Gasteiger partial charge on any atom is 0.449 e. The quantitative estimate of drug-likeness (QED) is 0.437. The first-order chi connectivity index (χ1) is 3.42. The van der Waals surface area contributed by atoms with Gasteiger partial charge in [-0.3, -0.25) is 4.55 Å². The van der Waals surface area contributed by atoms with Gasteiger partial charge in [-0.25, -0.2) is 4.79 Å². The zero-order valence-corrected chi connectivity index (χ0v) is 4.94. The highest BCUT2D eigenvalue weighted by Crippen LogP contribution is 1.91. The smallest absolute Gasteiger partial charge is 0.311 e. The molecule has 0 spiro atoms. The standard InChI is InChI=1S/CHClO5S/c2-1(3)7-8(4,5)6/h(H,4,5,6). The van der Waals surface area contributed by atoms with Gasteiger partial charge in [0.15, 0.2) is 0 Å². The summed E-state index contributed by atoms with van der Waals surface area (Å²) in [6.45, 7) is 0. The number of halogens is 1. The summed E-state index contributed by atoms with van der Waals surface area (Å²) in [4.78, 5) is 9.46. The number of hydrogen-bond donors (Lipinski definition) is 1. The molecule has 0 saturated carbocycles. The minimum atomic E-state index is -4.70. The molecule has 0 saturated heterocycles. The van der Waals surface area contributed by atoms with Gasteiger partial charge in [0.25, 0.3) is 0 Å². The van der Waals surface area contributed by atoms with Crippen molar-refractivity contribution in [2.75, 3.05) is 0 Å². The van der Waals surface area contributed by atoms with Crippen molar-refractivity contribution in [3.8, 4) is 0 Å². The molecule has 0 radical (unpaired) electrons. The number of carbonyl (C=O) groups excluding carboxylic acids is 1. The summed E-state index contributed by atoms with van der Waals surface area (Å²) in [5.41, 5.74) is -1.59. The monoisotopic (exact) mass is 160 g/mol. The fourth-order valence-electron chi connectivity index (χ4n) is 0.0828. The first-order valence-corrected chi connectivity index (χ1v) is 3.02. The Morgan fingerprint density at radius 2 is 2.00 bits per heavy atom. The van der Waals surface area contributed by atoms with Crippen LogP contribution in [0.15, 0.2) is 0 Å². The zero-order chi connectivity index (χ0) is 6.78. The Balaban J connectivity index is 3.95. The van der Waals surface area contributed by atoms with Gasteiger partial charge in [0, 0.05) is 11.6 Å². The van der Waals surface area contributed by atoms with E-state index in [1.165, 1.54) is 0 Å². The van der Waals surface area contributed by atoms with Crippen LogP contribution in [0.1, 0.15) is 0 Å². The summed E-state index contributed by atoms with van der Waals surface area (Å²) >= 11 is 4.36. The van der Waals surface area contributed by atoms with E-state index in [4.69, 9.17) is 4.55 Å². The van der Waals surface area contributed by atoms with Crippen molar-refractivity contribution in [3.63, 3.8) is 0 Å². The van der Waals surface area contributed by atoms with Crippen LogP contribution in [0.2, 0.25) is 0 Å². The maximum atomic E-state index is 9.47. The highest BCUT2D eigenvalue weighted by atomic mass is 35.5. The summed E-state index contributed by atoms with van der Waals surface area (Å²) in [5, 5.41) is 0. The van der Waals surface area contributed by atoms with Gasteiger partial charge >= 0.3 is 15.8 Å². The summed E-state index contributed by atoms with van der Waals surface area (Å²) in [6, 6.07) is 0. The molecule has 0 unspecified atom stereocenters. The van der Waals surface area contributed by atoms with Gasteiger partial charge in [-0.15, -0.1) is 0 Å². The lowest BCUT2D eigenvalue weighted by Crippen LogP contribution is -2.04. The first-order valence-electron chi connectivity index (χ1n) is 1.28. The molecule has 0 amide bonds. The Kier molecular flexibility index (Phi) is 2.20. The summed E-state index contributed by atoms with van der Waals surface area (Å²) in [6.07, 6.45) is 0. The second-order valence-corrected chi connectivity index (χ2v) is 2.08. The average Bonchev–Trinajstić information content (AvgIpc) is 1.21. The molecule has 0 aromatic heterocycles. The van der Waals surface area contributed by atoms with Gasteiger partial charge in [-0.05, 0) is 0 Å². The van der Waals surface area contributed by atoms with Crippen LogP contribution < -0.4 is 0 Å². The van der Waals surface area contributed by atoms with Gasteiger partial charge in [-0.2, -0.15) is 8.42 Å². The third kappa shape index (κ3) is 5.67. The van der Waals surface area contributed by atoms with Crippen LogP contribution in [0.4, 0.5) is 4.79 Å². The van der Waals surface area contributed by atoms with Crippen molar-refractivity contribution in [1.29, 1.82) is 0 Å². The molecule has 0 aromatic carbocycles. The van der Waals surface area contributed by atoms with E-state index in [1.54, 1.807) is 0 Å². The van der Waals surface area contributed by atoms with E-state index >= 15 is 0 Å². The van der Waals surface area contributed by atoms with Crippen LogP contribution in [0.5, 0.6) is 0 Å². The van der Waals surface area contributed by atoms with Crippen LogP contribution in [0, 0.1) is 0 Å². The molecular weight excluding hydrogens is 160 g/mol. The minimum Gasteiger partial charge on any atom is -0.311 e. The molecule has 0 atom stereocenters. The summed E-state index contributed by atoms with van der Waals surface area (Å²) < 4.78 is 29.7. The third-order valence-electron chi connectivity index (χ3n) is 0.171. The van der Waals surface area contributed by atoms with Gasteiger partial charge in [0.1, 0.15) is 0 Å². The maximum absolute atomic E-state index is 9.47. The van der Waals surface area contributed by atoms with E-state index in [2.05, 4.69) is 15.8 Å². The fourth-order valence-corrected chi connectivity index (χ4v) is 0.487. The Labute approximate surface area is 50.2 Å².